The third kappa shape index (κ3) is 4.42. The predicted octanol–water partition coefficient (Wildman–Crippen LogP) is 4.50. The van der Waals surface area contributed by atoms with Gasteiger partial charge in [-0.05, 0) is 49.2 Å². The van der Waals surface area contributed by atoms with E-state index in [0.717, 1.165) is 37.0 Å². The van der Waals surface area contributed by atoms with E-state index in [1.54, 1.807) is 25.5 Å². The predicted molar refractivity (Wildman–Crippen MR) is 119 cm³/mol. The molecule has 0 unspecified atom stereocenters. The topological polar surface area (TPSA) is 103 Å². The fraction of sp³-hybridized carbons (Fsp3) is 0.304. The zero-order chi connectivity index (χ0) is 21.8. The van der Waals surface area contributed by atoms with Crippen LogP contribution in [0.15, 0.2) is 58.3 Å². The number of nitro benzene ring substituents is 1. The number of nitro groups is 1. The molecule has 2 aromatic carbocycles. The van der Waals surface area contributed by atoms with Crippen molar-refractivity contribution in [3.05, 3.63) is 74.6 Å². The summed E-state index contributed by atoms with van der Waals surface area (Å²) in [4.78, 5) is 28.4. The average Bonchev–Trinajstić information content (AvgIpc) is 3.14. The quantitative estimate of drug-likeness (QED) is 0.360. The van der Waals surface area contributed by atoms with Crippen molar-refractivity contribution < 1.29 is 9.66 Å². The largest absolute Gasteiger partial charge is 0.497 e. The molecule has 1 aliphatic carbocycles. The molecule has 0 amide bonds. The summed E-state index contributed by atoms with van der Waals surface area (Å²) in [5.74, 6) is 0.721. The lowest BCUT2D eigenvalue weighted by Gasteiger charge is -2.16. The lowest BCUT2D eigenvalue weighted by atomic mass is 9.96. The van der Waals surface area contributed by atoms with Gasteiger partial charge >= 0.3 is 0 Å². The van der Waals surface area contributed by atoms with E-state index in [1.807, 2.05) is 24.3 Å². The van der Waals surface area contributed by atoms with Crippen molar-refractivity contribution in [2.45, 2.75) is 38.1 Å². The molecule has 1 aliphatic rings. The molecule has 0 bridgehead atoms. The van der Waals surface area contributed by atoms with E-state index >= 15 is 0 Å². The number of ether oxygens (including phenoxy) is 1. The number of non-ortho nitro benzene ring substituents is 1. The minimum absolute atomic E-state index is 0.0298. The van der Waals surface area contributed by atoms with Gasteiger partial charge in [0.2, 0.25) is 0 Å². The van der Waals surface area contributed by atoms with Gasteiger partial charge in [-0.15, -0.1) is 0 Å². The highest BCUT2D eigenvalue weighted by molar-refractivity contribution is 5.88. The highest BCUT2D eigenvalue weighted by Gasteiger charge is 2.18. The highest BCUT2D eigenvalue weighted by atomic mass is 16.6. The molecule has 1 saturated carbocycles. The van der Waals surface area contributed by atoms with Gasteiger partial charge in [0.15, 0.2) is 0 Å². The molecular weight excluding hydrogens is 396 g/mol. The standard InChI is InChI=1S/C23H24N4O4/c1-31-20-13-7-16(8-14-20)22-21(15-24-17-5-3-2-4-6-17)23(28)26(25-22)18-9-11-19(12-10-18)27(29)30/h7-15,17,25H,2-6H2,1H3. The third-order valence-electron chi connectivity index (χ3n) is 5.61. The van der Waals surface area contributed by atoms with Crippen molar-refractivity contribution >= 4 is 11.9 Å². The Labute approximate surface area is 179 Å². The Morgan fingerprint density at radius 1 is 1.10 bits per heavy atom. The Kier molecular flexibility index (Phi) is 5.97. The van der Waals surface area contributed by atoms with Crippen molar-refractivity contribution in [3.63, 3.8) is 0 Å². The van der Waals surface area contributed by atoms with E-state index in [9.17, 15) is 14.9 Å². The van der Waals surface area contributed by atoms with Crippen LogP contribution in [0.5, 0.6) is 5.75 Å². The fourth-order valence-electron chi connectivity index (χ4n) is 3.86. The van der Waals surface area contributed by atoms with Gasteiger partial charge in [-0.25, -0.2) is 4.68 Å². The molecule has 0 spiro atoms. The molecule has 4 rings (SSSR count). The smallest absolute Gasteiger partial charge is 0.280 e. The summed E-state index contributed by atoms with van der Waals surface area (Å²) < 4.78 is 6.63. The molecule has 0 aliphatic heterocycles. The molecular formula is C23H24N4O4. The van der Waals surface area contributed by atoms with Crippen LogP contribution in [0.1, 0.15) is 37.7 Å². The first-order valence-electron chi connectivity index (χ1n) is 10.3. The van der Waals surface area contributed by atoms with Gasteiger partial charge in [0.25, 0.3) is 11.2 Å². The normalized spacial score (nSPS) is 14.7. The Bertz CT molecular complexity index is 1140. The lowest BCUT2D eigenvalue weighted by molar-refractivity contribution is -0.384. The molecule has 0 radical (unpaired) electrons. The maximum absolute atomic E-state index is 13.3. The van der Waals surface area contributed by atoms with Crippen molar-refractivity contribution in [1.82, 2.24) is 9.78 Å². The van der Waals surface area contributed by atoms with E-state index in [4.69, 9.17) is 9.73 Å². The number of aromatic nitrogens is 2. The lowest BCUT2D eigenvalue weighted by Crippen LogP contribution is -2.18. The van der Waals surface area contributed by atoms with Crippen LogP contribution in [-0.2, 0) is 0 Å². The van der Waals surface area contributed by atoms with Gasteiger partial charge in [0.05, 0.1) is 29.0 Å². The summed E-state index contributed by atoms with van der Waals surface area (Å²) in [7, 11) is 1.60. The van der Waals surface area contributed by atoms with Crippen LogP contribution in [0.3, 0.4) is 0 Å². The molecule has 1 N–H and O–H groups in total. The fourth-order valence-corrected chi connectivity index (χ4v) is 3.86. The van der Waals surface area contributed by atoms with Crippen LogP contribution in [0.4, 0.5) is 5.69 Å². The summed E-state index contributed by atoms with van der Waals surface area (Å²) in [5, 5.41) is 14.1. The van der Waals surface area contributed by atoms with Crippen molar-refractivity contribution in [3.8, 4) is 22.7 Å². The van der Waals surface area contributed by atoms with Crippen molar-refractivity contribution in [2.24, 2.45) is 4.99 Å². The molecule has 160 valence electrons. The second-order valence-electron chi connectivity index (χ2n) is 7.61. The van der Waals surface area contributed by atoms with Crippen LogP contribution in [0.2, 0.25) is 0 Å². The van der Waals surface area contributed by atoms with Crippen LogP contribution < -0.4 is 10.3 Å². The molecule has 0 saturated heterocycles. The van der Waals surface area contributed by atoms with Gasteiger partial charge < -0.3 is 4.74 Å². The van der Waals surface area contributed by atoms with Crippen LogP contribution >= 0.6 is 0 Å². The molecule has 8 nitrogen and oxygen atoms in total. The van der Waals surface area contributed by atoms with Gasteiger partial charge in [-0.2, -0.15) is 0 Å². The number of nitrogens with one attached hydrogen (secondary N) is 1. The SMILES string of the molecule is COc1ccc(-c2[nH]n(-c3ccc([N+](=O)[O-])cc3)c(=O)c2C=NC2CCCCC2)cc1. The molecule has 31 heavy (non-hydrogen) atoms. The van der Waals surface area contributed by atoms with Gasteiger partial charge in [-0.3, -0.25) is 25.0 Å². The van der Waals surface area contributed by atoms with E-state index in [-0.39, 0.29) is 17.3 Å². The Morgan fingerprint density at radius 3 is 2.39 bits per heavy atom. The Balaban J connectivity index is 1.77. The van der Waals surface area contributed by atoms with Gasteiger partial charge in [-0.1, -0.05) is 19.3 Å². The summed E-state index contributed by atoms with van der Waals surface area (Å²) in [6.45, 7) is 0. The first kappa shape index (κ1) is 20.6. The first-order chi connectivity index (χ1) is 15.1. The number of nitrogens with zero attached hydrogens (tertiary/aromatic N) is 3. The first-order valence-corrected chi connectivity index (χ1v) is 10.3. The number of methoxy groups -OCH3 is 1. The van der Waals surface area contributed by atoms with E-state index in [1.165, 1.54) is 23.2 Å². The zero-order valence-corrected chi connectivity index (χ0v) is 17.3. The molecule has 3 aromatic rings. The van der Waals surface area contributed by atoms with Crippen LogP contribution in [0, 0.1) is 10.1 Å². The Hall–Kier alpha value is -3.68. The zero-order valence-electron chi connectivity index (χ0n) is 17.3. The summed E-state index contributed by atoms with van der Waals surface area (Å²) in [6, 6.07) is 13.5. The number of rotatable bonds is 6. The maximum atomic E-state index is 13.3. The number of aromatic amines is 1. The second-order valence-corrected chi connectivity index (χ2v) is 7.61. The number of hydrogen-bond donors (Lipinski definition) is 1. The second kappa shape index (κ2) is 8.99. The third-order valence-corrected chi connectivity index (χ3v) is 5.61. The molecule has 1 aromatic heterocycles. The van der Waals surface area contributed by atoms with E-state index in [2.05, 4.69) is 5.10 Å². The van der Waals surface area contributed by atoms with Crippen molar-refractivity contribution in [1.29, 1.82) is 0 Å². The van der Waals surface area contributed by atoms with Gasteiger partial charge in [0, 0.05) is 30.0 Å². The monoisotopic (exact) mass is 420 g/mol. The summed E-state index contributed by atoms with van der Waals surface area (Å²) in [5.41, 5.74) is 2.17. The average molecular weight is 420 g/mol. The number of H-pyrrole nitrogens is 1. The number of benzene rings is 2. The van der Waals surface area contributed by atoms with Gasteiger partial charge in [0.1, 0.15) is 5.75 Å². The number of hydrogen-bond acceptors (Lipinski definition) is 5. The van der Waals surface area contributed by atoms with E-state index in [0.29, 0.717) is 16.9 Å². The maximum Gasteiger partial charge on any atom is 0.280 e. The molecule has 8 heteroatoms. The van der Waals surface area contributed by atoms with Crippen LogP contribution in [-0.4, -0.2) is 34.1 Å². The number of aliphatic imine (C=N–C) groups is 1. The Morgan fingerprint density at radius 2 is 1.77 bits per heavy atom. The van der Waals surface area contributed by atoms with Crippen molar-refractivity contribution in [2.75, 3.05) is 7.11 Å². The minimum atomic E-state index is -0.466. The molecule has 0 atom stereocenters. The highest BCUT2D eigenvalue weighted by Crippen LogP contribution is 2.25. The van der Waals surface area contributed by atoms with Crippen LogP contribution in [0.25, 0.3) is 16.9 Å². The minimum Gasteiger partial charge on any atom is -0.497 e. The molecule has 1 fully saturated rings. The van der Waals surface area contributed by atoms with E-state index < -0.39 is 4.92 Å². The summed E-state index contributed by atoms with van der Waals surface area (Å²) >= 11 is 0. The summed E-state index contributed by atoms with van der Waals surface area (Å²) in [6.07, 6.45) is 7.31. The molecule has 1 heterocycles.